The number of aromatic nitrogens is 1. The van der Waals surface area contributed by atoms with E-state index in [2.05, 4.69) is 10.3 Å². The van der Waals surface area contributed by atoms with Crippen molar-refractivity contribution in [3.05, 3.63) is 28.5 Å². The highest BCUT2D eigenvalue weighted by molar-refractivity contribution is 7.71. The van der Waals surface area contributed by atoms with E-state index in [0.717, 1.165) is 6.42 Å². The molecule has 0 aliphatic heterocycles. The number of hydrogen-bond acceptors (Lipinski definition) is 2. The molecule has 1 aromatic heterocycles. The topological polar surface area (TPSA) is 44.9 Å². The molecular weight excluding hydrogens is 267 g/mol. The third kappa shape index (κ3) is 2.56. The molecule has 1 amide bonds. The van der Waals surface area contributed by atoms with Crippen LogP contribution in [0, 0.1) is 10.6 Å². The summed E-state index contributed by atoms with van der Waals surface area (Å²) in [5.74, 6) is -0.0565. The van der Waals surface area contributed by atoms with Crippen LogP contribution in [-0.4, -0.2) is 21.8 Å². The average Bonchev–Trinajstić information content (AvgIpc) is 2.84. The van der Waals surface area contributed by atoms with Gasteiger partial charge in [-0.05, 0) is 18.6 Å². The molecule has 1 saturated carbocycles. The maximum Gasteiger partial charge on any atom is 0.254 e. The van der Waals surface area contributed by atoms with Crippen molar-refractivity contribution >= 4 is 41.3 Å². The average molecular weight is 277 g/mol. The number of pyridine rings is 1. The van der Waals surface area contributed by atoms with Gasteiger partial charge in [0.1, 0.15) is 8.97 Å². The lowest BCUT2D eigenvalue weighted by molar-refractivity contribution is 0.0951. The van der Waals surface area contributed by atoms with Crippen LogP contribution >= 0.6 is 35.4 Å². The summed E-state index contributed by atoms with van der Waals surface area (Å²) in [6.45, 7) is 0.482. The lowest BCUT2D eigenvalue weighted by Crippen LogP contribution is -2.27. The largest absolute Gasteiger partial charge is 0.352 e. The Morgan fingerprint density at radius 3 is 2.94 bits per heavy atom. The summed E-state index contributed by atoms with van der Waals surface area (Å²) >= 11 is 16.7. The Labute approximate surface area is 108 Å². The first kappa shape index (κ1) is 11.9. The summed E-state index contributed by atoms with van der Waals surface area (Å²) in [5.41, 5.74) is 0.466. The van der Waals surface area contributed by atoms with E-state index in [-0.39, 0.29) is 11.8 Å². The molecule has 0 unspecified atom stereocenters. The first-order valence-electron chi connectivity index (χ1n) is 4.84. The van der Waals surface area contributed by atoms with Crippen LogP contribution in [0.3, 0.4) is 0 Å². The van der Waals surface area contributed by atoms with Gasteiger partial charge in [0.25, 0.3) is 5.91 Å². The zero-order chi connectivity index (χ0) is 11.8. The van der Waals surface area contributed by atoms with Crippen molar-refractivity contribution in [1.29, 1.82) is 0 Å². The van der Waals surface area contributed by atoms with E-state index in [1.165, 1.54) is 0 Å². The monoisotopic (exact) mass is 276 g/mol. The molecule has 16 heavy (non-hydrogen) atoms. The van der Waals surface area contributed by atoms with Crippen LogP contribution in [0.15, 0.2) is 18.3 Å². The Balaban J connectivity index is 1.95. The van der Waals surface area contributed by atoms with Crippen LogP contribution in [0.4, 0.5) is 0 Å². The van der Waals surface area contributed by atoms with E-state index in [1.54, 1.807) is 18.3 Å². The van der Waals surface area contributed by atoms with Gasteiger partial charge in [0.2, 0.25) is 0 Å². The van der Waals surface area contributed by atoms with Crippen LogP contribution in [0.5, 0.6) is 0 Å². The Kier molecular flexibility index (Phi) is 3.24. The minimum atomic E-state index is -0.660. The van der Waals surface area contributed by atoms with E-state index in [9.17, 15) is 4.79 Å². The third-order valence-corrected chi connectivity index (χ3v) is 3.79. The van der Waals surface area contributed by atoms with Gasteiger partial charge in [0.05, 0.1) is 5.56 Å². The van der Waals surface area contributed by atoms with Crippen molar-refractivity contribution in [3.63, 3.8) is 0 Å². The van der Waals surface area contributed by atoms with Crippen LogP contribution < -0.4 is 5.32 Å². The molecule has 0 aromatic carbocycles. The lowest BCUT2D eigenvalue weighted by Gasteiger charge is -2.04. The van der Waals surface area contributed by atoms with Crippen molar-refractivity contribution < 1.29 is 4.79 Å². The van der Waals surface area contributed by atoms with Gasteiger partial charge in [-0.15, -0.1) is 23.2 Å². The predicted octanol–water partition coefficient (Wildman–Crippen LogP) is 2.67. The molecule has 0 bridgehead atoms. The summed E-state index contributed by atoms with van der Waals surface area (Å²) in [6.07, 6.45) is 2.40. The maximum atomic E-state index is 11.7. The highest BCUT2D eigenvalue weighted by Gasteiger charge is 2.51. The SMILES string of the molecule is O=C(NC[C@H]1CC1(Cl)Cl)c1ccc[nH]c1=S. The van der Waals surface area contributed by atoms with E-state index >= 15 is 0 Å². The third-order valence-electron chi connectivity index (χ3n) is 2.53. The summed E-state index contributed by atoms with van der Waals surface area (Å²) in [4.78, 5) is 14.5. The van der Waals surface area contributed by atoms with Gasteiger partial charge < -0.3 is 10.3 Å². The van der Waals surface area contributed by atoms with E-state index < -0.39 is 4.33 Å². The molecule has 3 nitrogen and oxygen atoms in total. The molecule has 1 fully saturated rings. The Bertz CT molecular complexity index is 472. The summed E-state index contributed by atoms with van der Waals surface area (Å²) in [5, 5.41) is 2.76. The van der Waals surface area contributed by atoms with Gasteiger partial charge in [-0.2, -0.15) is 0 Å². The summed E-state index contributed by atoms with van der Waals surface area (Å²) in [7, 11) is 0. The molecule has 1 aliphatic carbocycles. The van der Waals surface area contributed by atoms with Gasteiger partial charge in [0.15, 0.2) is 0 Å². The molecule has 1 heterocycles. The Hall–Kier alpha value is -0.580. The van der Waals surface area contributed by atoms with E-state index in [0.29, 0.717) is 16.7 Å². The highest BCUT2D eigenvalue weighted by Crippen LogP contribution is 2.52. The molecule has 0 spiro atoms. The number of aromatic amines is 1. The smallest absolute Gasteiger partial charge is 0.254 e. The summed E-state index contributed by atoms with van der Waals surface area (Å²) < 4.78 is -0.230. The number of rotatable bonds is 3. The fraction of sp³-hybridized carbons (Fsp3) is 0.400. The van der Waals surface area contributed by atoms with Gasteiger partial charge in [-0.3, -0.25) is 4.79 Å². The van der Waals surface area contributed by atoms with Gasteiger partial charge >= 0.3 is 0 Å². The first-order chi connectivity index (χ1) is 7.50. The first-order valence-corrected chi connectivity index (χ1v) is 6.01. The van der Waals surface area contributed by atoms with Crippen molar-refractivity contribution in [2.75, 3.05) is 6.54 Å². The minimum absolute atomic E-state index is 0.140. The molecule has 6 heteroatoms. The number of nitrogens with one attached hydrogen (secondary N) is 2. The molecular formula is C10H10Cl2N2OS. The van der Waals surface area contributed by atoms with Crippen molar-refractivity contribution in [2.24, 2.45) is 5.92 Å². The molecule has 0 radical (unpaired) electrons. The standard InChI is InChI=1S/C10H10Cl2N2OS/c11-10(12)4-6(10)5-14-8(15)7-2-1-3-13-9(7)16/h1-3,6H,4-5H2,(H,13,16)(H,14,15)/t6-/m1/s1. The van der Waals surface area contributed by atoms with Crippen molar-refractivity contribution in [1.82, 2.24) is 10.3 Å². The maximum absolute atomic E-state index is 11.7. The Morgan fingerprint density at radius 2 is 2.38 bits per heavy atom. The van der Waals surface area contributed by atoms with Crippen LogP contribution in [0.25, 0.3) is 0 Å². The zero-order valence-corrected chi connectivity index (χ0v) is 10.6. The highest BCUT2D eigenvalue weighted by atomic mass is 35.5. The van der Waals surface area contributed by atoms with Crippen LogP contribution in [-0.2, 0) is 0 Å². The molecule has 1 aliphatic rings. The molecule has 1 atom stereocenters. The number of carbonyl (C=O) groups is 1. The van der Waals surface area contributed by atoms with Gasteiger partial charge in [-0.25, -0.2) is 0 Å². The van der Waals surface area contributed by atoms with Crippen LogP contribution in [0.1, 0.15) is 16.8 Å². The molecule has 86 valence electrons. The number of hydrogen-bond donors (Lipinski definition) is 2. The normalized spacial score (nSPS) is 21.5. The van der Waals surface area contributed by atoms with Crippen LogP contribution in [0.2, 0.25) is 0 Å². The number of H-pyrrole nitrogens is 1. The summed E-state index contributed by atoms with van der Waals surface area (Å²) in [6, 6.07) is 3.41. The van der Waals surface area contributed by atoms with E-state index in [1.807, 2.05) is 0 Å². The molecule has 2 rings (SSSR count). The van der Waals surface area contributed by atoms with Crippen molar-refractivity contribution in [2.45, 2.75) is 10.8 Å². The van der Waals surface area contributed by atoms with E-state index in [4.69, 9.17) is 35.4 Å². The second-order valence-electron chi connectivity index (χ2n) is 3.79. The number of alkyl halides is 2. The van der Waals surface area contributed by atoms with Gasteiger partial charge in [0, 0.05) is 18.7 Å². The molecule has 1 aromatic rings. The minimum Gasteiger partial charge on any atom is -0.352 e. The molecule has 0 saturated heterocycles. The fourth-order valence-corrected chi connectivity index (χ4v) is 2.16. The second-order valence-corrected chi connectivity index (χ2v) is 5.74. The number of halogens is 2. The molecule has 2 N–H and O–H groups in total. The zero-order valence-electron chi connectivity index (χ0n) is 8.30. The fourth-order valence-electron chi connectivity index (χ4n) is 1.40. The number of amides is 1. The van der Waals surface area contributed by atoms with Crippen molar-refractivity contribution in [3.8, 4) is 0 Å². The quantitative estimate of drug-likeness (QED) is 0.659. The Morgan fingerprint density at radius 1 is 1.69 bits per heavy atom. The second kappa shape index (κ2) is 4.35. The predicted molar refractivity (Wildman–Crippen MR) is 66.5 cm³/mol. The lowest BCUT2D eigenvalue weighted by atomic mass is 10.2. The van der Waals surface area contributed by atoms with Gasteiger partial charge in [-0.1, -0.05) is 12.2 Å². The number of carbonyl (C=O) groups excluding carboxylic acids is 1.